The predicted molar refractivity (Wildman–Crippen MR) is 235 cm³/mol. The van der Waals surface area contributed by atoms with Crippen LogP contribution >= 0.6 is 0 Å². The molecule has 4 aromatic rings. The molecule has 312 valence electrons. The molecule has 0 heterocycles. The molecule has 0 fully saturated rings. The van der Waals surface area contributed by atoms with Crippen molar-refractivity contribution in [3.05, 3.63) is 36.4 Å². The van der Waals surface area contributed by atoms with Crippen molar-refractivity contribution in [3.63, 3.8) is 0 Å². The lowest BCUT2D eigenvalue weighted by Gasteiger charge is -2.25. The molecule has 0 radical (unpaired) electrons. The van der Waals surface area contributed by atoms with E-state index >= 15 is 0 Å². The van der Waals surface area contributed by atoms with Crippen molar-refractivity contribution in [2.24, 2.45) is 0 Å². The maximum Gasteiger partial charge on any atom is 0.253 e. The Balaban J connectivity index is 2.10. The van der Waals surface area contributed by atoms with Crippen LogP contribution in [0.2, 0.25) is 0 Å². The van der Waals surface area contributed by atoms with Crippen LogP contribution in [-0.4, -0.2) is 40.1 Å². The fraction of sp³-hybridized carbons (Fsp3) is 0.633. The van der Waals surface area contributed by atoms with Gasteiger partial charge in [0, 0.05) is 16.2 Å². The van der Waals surface area contributed by atoms with Crippen molar-refractivity contribution < 1.29 is 33.5 Å². The summed E-state index contributed by atoms with van der Waals surface area (Å²) in [5.74, 6) is 3.71. The Bertz CT molecular complexity index is 1700. The van der Waals surface area contributed by atoms with E-state index in [0.717, 1.165) is 147 Å². The lowest BCUT2D eigenvalue weighted by Crippen LogP contribution is -2.09. The Morgan fingerprint density at radius 1 is 0.339 bits per heavy atom. The highest BCUT2D eigenvalue weighted by Gasteiger charge is 2.31. The van der Waals surface area contributed by atoms with Crippen molar-refractivity contribution in [1.29, 1.82) is 0 Å². The first-order chi connectivity index (χ1) is 27.7. The van der Waals surface area contributed by atoms with Crippen LogP contribution in [0.3, 0.4) is 0 Å². The molecule has 4 rings (SSSR count). The highest BCUT2D eigenvalue weighted by atomic mass is 17.2. The molecule has 0 N–H and O–H groups in total. The molecule has 0 aliphatic rings. The van der Waals surface area contributed by atoms with E-state index in [1.54, 1.807) is 7.11 Å². The second kappa shape index (κ2) is 26.4. The topological polar surface area (TPSA) is 64.6 Å². The van der Waals surface area contributed by atoms with E-state index in [1.807, 2.05) is 0 Å². The summed E-state index contributed by atoms with van der Waals surface area (Å²) in [6.07, 6.45) is 22.0. The van der Waals surface area contributed by atoms with Crippen LogP contribution in [0.5, 0.6) is 34.5 Å². The molecule has 0 saturated heterocycles. The van der Waals surface area contributed by atoms with Crippen LogP contribution in [-0.2, 0) is 4.89 Å². The van der Waals surface area contributed by atoms with Crippen LogP contribution in [0.25, 0.3) is 32.3 Å². The quantitative estimate of drug-likeness (QED) is 0.0212. The van der Waals surface area contributed by atoms with Crippen LogP contribution < -0.4 is 28.6 Å². The Labute approximate surface area is 339 Å². The molecule has 0 saturated carbocycles. The molecule has 0 bridgehead atoms. The van der Waals surface area contributed by atoms with Crippen LogP contribution in [0.1, 0.15) is 163 Å². The third kappa shape index (κ3) is 12.7. The van der Waals surface area contributed by atoms with Crippen molar-refractivity contribution in [3.8, 4) is 34.5 Å². The zero-order chi connectivity index (χ0) is 39.8. The van der Waals surface area contributed by atoms with E-state index in [-0.39, 0.29) is 0 Å². The fourth-order valence-electron chi connectivity index (χ4n) is 7.47. The van der Waals surface area contributed by atoms with Gasteiger partial charge in [0.25, 0.3) is 5.75 Å². The molecule has 0 atom stereocenters. The summed E-state index contributed by atoms with van der Waals surface area (Å²) in [5.41, 5.74) is 0. The summed E-state index contributed by atoms with van der Waals surface area (Å²) >= 11 is 0. The van der Waals surface area contributed by atoms with Gasteiger partial charge in [-0.1, -0.05) is 155 Å². The van der Waals surface area contributed by atoms with Crippen molar-refractivity contribution in [2.75, 3.05) is 40.1 Å². The largest absolute Gasteiger partial charge is 0.490 e. The number of ether oxygens (including phenoxy) is 5. The molecule has 56 heavy (non-hydrogen) atoms. The SMILES string of the molecule is CCCCCCOc1ccc2c3ccccc3c3c(OCCCCCC)c(OOC)c(OCCCCCC)c(OCCCCCC)c3c2c1OCCCCCC. The van der Waals surface area contributed by atoms with Gasteiger partial charge in [-0.15, -0.1) is 0 Å². The van der Waals surface area contributed by atoms with Crippen LogP contribution in [0.15, 0.2) is 36.4 Å². The van der Waals surface area contributed by atoms with Gasteiger partial charge in [-0.25, -0.2) is 0 Å². The van der Waals surface area contributed by atoms with Gasteiger partial charge in [0.2, 0.25) is 5.75 Å². The highest BCUT2D eigenvalue weighted by molar-refractivity contribution is 6.31. The summed E-state index contributed by atoms with van der Waals surface area (Å²) in [5, 5.41) is 6.00. The van der Waals surface area contributed by atoms with Gasteiger partial charge in [0.05, 0.1) is 40.1 Å². The Kier molecular flexibility index (Phi) is 21.2. The summed E-state index contributed by atoms with van der Waals surface area (Å²) in [4.78, 5) is 11.6. The molecule has 0 aromatic heterocycles. The van der Waals surface area contributed by atoms with E-state index < -0.39 is 0 Å². The summed E-state index contributed by atoms with van der Waals surface area (Å²) in [6.45, 7) is 14.0. The molecule has 7 heteroatoms. The number of benzene rings is 4. The predicted octanol–water partition coefficient (Wildman–Crippen LogP) is 14.9. The van der Waals surface area contributed by atoms with E-state index in [2.05, 4.69) is 71.0 Å². The summed E-state index contributed by atoms with van der Waals surface area (Å²) in [6, 6.07) is 12.9. The second-order valence-electron chi connectivity index (χ2n) is 15.2. The van der Waals surface area contributed by atoms with Gasteiger partial charge < -0.3 is 28.6 Å². The van der Waals surface area contributed by atoms with Gasteiger partial charge >= 0.3 is 0 Å². The fourth-order valence-corrected chi connectivity index (χ4v) is 7.47. The summed E-state index contributed by atoms with van der Waals surface area (Å²) < 4.78 is 34.3. The number of rotatable bonds is 32. The first kappa shape index (κ1) is 45.1. The molecule has 7 nitrogen and oxygen atoms in total. The smallest absolute Gasteiger partial charge is 0.253 e. The first-order valence-corrected chi connectivity index (χ1v) is 22.5. The second-order valence-corrected chi connectivity index (χ2v) is 15.2. The van der Waals surface area contributed by atoms with Crippen molar-refractivity contribution in [1.82, 2.24) is 0 Å². The molecule has 0 aliphatic heterocycles. The molecular formula is C49H74O7. The third-order valence-electron chi connectivity index (χ3n) is 10.6. The monoisotopic (exact) mass is 775 g/mol. The first-order valence-electron chi connectivity index (χ1n) is 22.5. The lowest BCUT2D eigenvalue weighted by molar-refractivity contribution is -0.180. The molecule has 0 unspecified atom stereocenters. The molecule has 0 spiro atoms. The number of hydrogen-bond donors (Lipinski definition) is 0. The van der Waals surface area contributed by atoms with Gasteiger partial charge in [-0.05, 0) is 60.4 Å². The van der Waals surface area contributed by atoms with Gasteiger partial charge in [0.15, 0.2) is 23.0 Å². The zero-order valence-corrected chi connectivity index (χ0v) is 36.0. The van der Waals surface area contributed by atoms with Gasteiger partial charge in [-0.3, -0.25) is 0 Å². The normalized spacial score (nSPS) is 11.5. The van der Waals surface area contributed by atoms with Gasteiger partial charge in [0.1, 0.15) is 0 Å². The average molecular weight is 775 g/mol. The Hall–Kier alpha value is -3.58. The number of fused-ring (bicyclic) bond motifs is 6. The van der Waals surface area contributed by atoms with Crippen molar-refractivity contribution in [2.45, 2.75) is 163 Å². The Morgan fingerprint density at radius 2 is 0.732 bits per heavy atom. The third-order valence-corrected chi connectivity index (χ3v) is 10.6. The van der Waals surface area contributed by atoms with Crippen LogP contribution in [0, 0.1) is 0 Å². The minimum atomic E-state index is 0.421. The molecular weight excluding hydrogens is 701 g/mol. The van der Waals surface area contributed by atoms with Crippen LogP contribution in [0.4, 0.5) is 0 Å². The van der Waals surface area contributed by atoms with Gasteiger partial charge in [-0.2, -0.15) is 4.89 Å². The van der Waals surface area contributed by atoms with E-state index in [1.165, 1.54) is 25.7 Å². The maximum absolute atomic E-state index is 7.00. The maximum atomic E-state index is 7.00. The summed E-state index contributed by atoms with van der Waals surface area (Å²) in [7, 11) is 1.54. The standard InChI is InChI=1S/C49H74O7/c1-7-12-17-24-33-51-41-32-31-40-38-29-22-23-30-39(38)43-44(42(40)45(41)52-34-25-18-13-8-2)47(54-36-27-20-15-10-4)48(55-37-28-21-16-11-5)49(56-50-6)46(43)53-35-26-19-14-9-3/h22-23,29-32H,7-21,24-28,33-37H2,1-6H3. The average Bonchev–Trinajstić information content (AvgIpc) is 3.21. The lowest BCUT2D eigenvalue weighted by atomic mass is 9.91. The molecule has 4 aromatic carbocycles. The molecule has 0 amide bonds. The number of unbranched alkanes of at least 4 members (excludes halogenated alkanes) is 15. The van der Waals surface area contributed by atoms with E-state index in [4.69, 9.17) is 33.5 Å². The van der Waals surface area contributed by atoms with E-state index in [0.29, 0.717) is 56.0 Å². The highest BCUT2D eigenvalue weighted by Crippen LogP contribution is 2.58. The number of hydrogen-bond acceptors (Lipinski definition) is 7. The van der Waals surface area contributed by atoms with Crippen molar-refractivity contribution >= 4 is 32.3 Å². The van der Waals surface area contributed by atoms with E-state index in [9.17, 15) is 0 Å². The Morgan fingerprint density at radius 3 is 1.21 bits per heavy atom. The minimum absolute atomic E-state index is 0.421. The molecule has 0 aliphatic carbocycles. The zero-order valence-electron chi connectivity index (χ0n) is 36.0. The minimum Gasteiger partial charge on any atom is -0.490 e.